The van der Waals surface area contributed by atoms with Gasteiger partial charge in [-0.05, 0) is 32.3 Å². The van der Waals surface area contributed by atoms with Gasteiger partial charge in [-0.1, -0.05) is 24.3 Å². The summed E-state index contributed by atoms with van der Waals surface area (Å²) in [5.41, 5.74) is 1.06. The van der Waals surface area contributed by atoms with Crippen molar-refractivity contribution in [1.82, 2.24) is 9.97 Å². The number of aliphatic hydroxyl groups excluding tert-OH is 1. The van der Waals surface area contributed by atoms with Crippen molar-refractivity contribution in [2.45, 2.75) is 32.3 Å². The molecule has 5 heteroatoms. The Labute approximate surface area is 129 Å². The van der Waals surface area contributed by atoms with Gasteiger partial charge in [-0.15, -0.1) is 0 Å². The molecular weight excluding hydrogens is 283 g/mol. The zero-order chi connectivity index (χ0) is 15.9. The van der Waals surface area contributed by atoms with Crippen LogP contribution < -0.4 is 0 Å². The lowest BCUT2D eigenvalue weighted by Crippen LogP contribution is -1.97. The maximum Gasteiger partial charge on any atom is 0.159 e. The van der Waals surface area contributed by atoms with Crippen molar-refractivity contribution in [2.75, 3.05) is 0 Å². The Kier molecular flexibility index (Phi) is 5.61. The normalized spacial score (nSPS) is 12.7. The molecule has 0 fully saturated rings. The Balaban J connectivity index is 2.03. The van der Waals surface area contributed by atoms with Crippen LogP contribution >= 0.6 is 0 Å². The first-order valence-corrected chi connectivity index (χ1v) is 7.22. The summed E-state index contributed by atoms with van der Waals surface area (Å²) in [6.07, 6.45) is 8.30. The van der Waals surface area contributed by atoms with Crippen molar-refractivity contribution in [1.29, 1.82) is 0 Å². The lowest BCUT2D eigenvalue weighted by molar-refractivity contribution is 0.182. The molecule has 1 aromatic heterocycles. The molecule has 0 saturated heterocycles. The van der Waals surface area contributed by atoms with Gasteiger partial charge < -0.3 is 10.2 Å². The summed E-state index contributed by atoms with van der Waals surface area (Å²) in [7, 11) is 0. The predicted octanol–water partition coefficient (Wildman–Crippen LogP) is 3.55. The predicted molar refractivity (Wildman–Crippen MR) is 83.7 cm³/mol. The minimum absolute atomic E-state index is 0.0269. The first-order valence-electron chi connectivity index (χ1n) is 7.22. The molecule has 0 aliphatic heterocycles. The Hall–Kier alpha value is -2.27. The second-order valence-corrected chi connectivity index (χ2v) is 5.18. The van der Waals surface area contributed by atoms with Crippen molar-refractivity contribution in [3.63, 3.8) is 0 Å². The molecule has 1 unspecified atom stereocenters. The molecule has 22 heavy (non-hydrogen) atoms. The average molecular weight is 302 g/mol. The van der Waals surface area contributed by atoms with Gasteiger partial charge in [0.2, 0.25) is 0 Å². The average Bonchev–Trinajstić information content (AvgIpc) is 2.49. The third-order valence-electron chi connectivity index (χ3n) is 3.19. The highest BCUT2D eigenvalue weighted by molar-refractivity contribution is 5.60. The van der Waals surface area contributed by atoms with Crippen LogP contribution in [-0.4, -0.2) is 26.3 Å². The smallest absolute Gasteiger partial charge is 0.159 e. The molecule has 0 radical (unpaired) electrons. The molecule has 4 nitrogen and oxygen atoms in total. The van der Waals surface area contributed by atoms with Crippen LogP contribution in [0.4, 0.5) is 4.39 Å². The summed E-state index contributed by atoms with van der Waals surface area (Å²) >= 11 is 0. The molecule has 2 N–H and O–H groups in total. The van der Waals surface area contributed by atoms with Crippen LogP contribution in [0.3, 0.4) is 0 Å². The maximum absolute atomic E-state index is 14.1. The van der Waals surface area contributed by atoms with Crippen LogP contribution in [0.1, 0.15) is 31.7 Å². The summed E-state index contributed by atoms with van der Waals surface area (Å²) in [4.78, 5) is 7.91. The third kappa shape index (κ3) is 4.63. The fraction of sp³-hybridized carbons (Fsp3) is 0.294. The summed E-state index contributed by atoms with van der Waals surface area (Å²) in [5.74, 6) is -0.00825. The number of aromatic nitrogens is 2. The van der Waals surface area contributed by atoms with Gasteiger partial charge in [0.15, 0.2) is 11.6 Å². The monoisotopic (exact) mass is 302 g/mol. The molecule has 1 aromatic carbocycles. The highest BCUT2D eigenvalue weighted by Crippen LogP contribution is 2.20. The largest absolute Gasteiger partial charge is 0.505 e. The van der Waals surface area contributed by atoms with E-state index in [1.54, 1.807) is 25.1 Å². The molecular formula is C17H19FN2O2. The van der Waals surface area contributed by atoms with E-state index < -0.39 is 0 Å². The molecule has 0 aliphatic carbocycles. The molecule has 2 aromatic rings. The number of aliphatic hydroxyl groups is 1. The number of rotatable bonds is 6. The summed E-state index contributed by atoms with van der Waals surface area (Å²) in [6.45, 7) is 1.76. The van der Waals surface area contributed by atoms with Crippen LogP contribution in [0, 0.1) is 5.82 Å². The number of nitrogens with zero attached hydrogens (tertiary/aromatic N) is 2. The number of aromatic hydroxyl groups is 1. The number of allylic oxidation sites excluding steroid dienone is 1. The fourth-order valence-corrected chi connectivity index (χ4v) is 2.01. The Morgan fingerprint density at radius 3 is 2.64 bits per heavy atom. The molecule has 0 saturated carbocycles. The maximum atomic E-state index is 14.1. The van der Waals surface area contributed by atoms with Gasteiger partial charge in [0, 0.05) is 11.1 Å². The van der Waals surface area contributed by atoms with Crippen molar-refractivity contribution in [3.8, 4) is 17.1 Å². The third-order valence-corrected chi connectivity index (χ3v) is 3.19. The molecule has 1 atom stereocenters. The van der Waals surface area contributed by atoms with Crippen molar-refractivity contribution < 1.29 is 14.6 Å². The van der Waals surface area contributed by atoms with Crippen molar-refractivity contribution >= 4 is 6.08 Å². The molecule has 0 spiro atoms. The topological polar surface area (TPSA) is 66.2 Å². The first-order chi connectivity index (χ1) is 10.6. The van der Waals surface area contributed by atoms with Gasteiger partial charge in [-0.25, -0.2) is 14.4 Å². The lowest BCUT2D eigenvalue weighted by Gasteiger charge is -2.03. The lowest BCUT2D eigenvalue weighted by atomic mass is 10.1. The number of unbranched alkanes of at least 4 members (excludes halogenated alkanes) is 1. The zero-order valence-electron chi connectivity index (χ0n) is 12.4. The van der Waals surface area contributed by atoms with E-state index in [-0.39, 0.29) is 17.7 Å². The van der Waals surface area contributed by atoms with E-state index in [0.717, 1.165) is 19.3 Å². The van der Waals surface area contributed by atoms with Crippen LogP contribution in [0.15, 0.2) is 36.7 Å². The highest BCUT2D eigenvalue weighted by atomic mass is 19.1. The van der Waals surface area contributed by atoms with Crippen molar-refractivity contribution in [2.24, 2.45) is 0 Å². The number of halogens is 1. The zero-order valence-corrected chi connectivity index (χ0v) is 12.4. The molecule has 2 rings (SSSR count). The number of benzene rings is 1. The first kappa shape index (κ1) is 16.1. The van der Waals surface area contributed by atoms with Crippen LogP contribution in [0.5, 0.6) is 5.75 Å². The second-order valence-electron chi connectivity index (χ2n) is 5.18. The van der Waals surface area contributed by atoms with E-state index in [1.807, 2.05) is 6.08 Å². The van der Waals surface area contributed by atoms with Gasteiger partial charge in [0.05, 0.1) is 18.5 Å². The molecule has 0 bridgehead atoms. The molecule has 116 valence electrons. The summed E-state index contributed by atoms with van der Waals surface area (Å²) < 4.78 is 14.1. The quantitative estimate of drug-likeness (QED) is 0.801. The van der Waals surface area contributed by atoms with Crippen LogP contribution in [0.2, 0.25) is 0 Å². The van der Waals surface area contributed by atoms with E-state index in [2.05, 4.69) is 9.97 Å². The molecule has 0 amide bonds. The van der Waals surface area contributed by atoms with Crippen LogP contribution in [-0.2, 0) is 0 Å². The minimum Gasteiger partial charge on any atom is -0.505 e. The van der Waals surface area contributed by atoms with Gasteiger partial charge in [0.25, 0.3) is 0 Å². The molecule has 1 heterocycles. The van der Waals surface area contributed by atoms with E-state index >= 15 is 0 Å². The molecule has 0 aliphatic rings. The Morgan fingerprint density at radius 2 is 2.00 bits per heavy atom. The second kappa shape index (κ2) is 7.66. The number of hydrogen-bond acceptors (Lipinski definition) is 4. The summed E-state index contributed by atoms with van der Waals surface area (Å²) in [5, 5.41) is 18.3. The van der Waals surface area contributed by atoms with Crippen LogP contribution in [0.25, 0.3) is 17.5 Å². The van der Waals surface area contributed by atoms with Gasteiger partial charge in [0.1, 0.15) is 5.82 Å². The standard InChI is InChI=1S/C17H19FN2O2/c1-12(21)5-3-2-4-6-13-7-8-14(9-16(13)18)17-19-10-15(22)11-20-17/h4,6-12,21-22H,2-3,5H2,1H3/b6-4+. The number of hydrogen-bond donors (Lipinski definition) is 2. The van der Waals surface area contributed by atoms with Gasteiger partial charge in [-0.2, -0.15) is 0 Å². The van der Waals surface area contributed by atoms with E-state index in [4.69, 9.17) is 10.2 Å². The van der Waals surface area contributed by atoms with E-state index in [9.17, 15) is 4.39 Å². The van der Waals surface area contributed by atoms with E-state index in [1.165, 1.54) is 18.5 Å². The van der Waals surface area contributed by atoms with Crippen molar-refractivity contribution in [3.05, 3.63) is 48.0 Å². The van der Waals surface area contributed by atoms with Gasteiger partial charge >= 0.3 is 0 Å². The highest BCUT2D eigenvalue weighted by Gasteiger charge is 2.05. The van der Waals surface area contributed by atoms with Gasteiger partial charge in [-0.3, -0.25) is 0 Å². The fourth-order valence-electron chi connectivity index (χ4n) is 2.01. The SMILES string of the molecule is CC(O)CCC/C=C/c1ccc(-c2ncc(O)cn2)cc1F. The Morgan fingerprint density at radius 1 is 1.27 bits per heavy atom. The van der Waals surface area contributed by atoms with E-state index in [0.29, 0.717) is 17.0 Å². The summed E-state index contributed by atoms with van der Waals surface area (Å²) in [6, 6.07) is 4.79. The minimum atomic E-state index is -0.346. The Bertz CT molecular complexity index is 640.